The third kappa shape index (κ3) is 5.84. The van der Waals surface area contributed by atoms with Gasteiger partial charge in [0.25, 0.3) is 5.91 Å². The number of rotatable bonds is 8. The predicted molar refractivity (Wildman–Crippen MR) is 81.6 cm³/mol. The first kappa shape index (κ1) is 16.6. The molecule has 2 amide bonds. The molecule has 0 fully saturated rings. The average molecular weight is 318 g/mol. The summed E-state index contributed by atoms with van der Waals surface area (Å²) in [6.07, 6.45) is 0.513. The van der Waals surface area contributed by atoms with Gasteiger partial charge in [-0.1, -0.05) is 18.2 Å². The first-order valence-electron chi connectivity index (χ1n) is 7.08. The Bertz CT molecular complexity index is 613. The molecule has 1 aromatic carbocycles. The number of hydrogen-bond acceptors (Lipinski definition) is 5. The standard InChI is InChI=1S/C16H18N2O5/c19-13(14-7-4-8-22-14)9-17-15(20)10-18-16(21)11-23-12-5-2-1-3-6-12/h1-8,13,19H,9-11H2,(H,17,20)(H,18,21). The molecule has 1 unspecified atom stereocenters. The molecule has 0 saturated carbocycles. The van der Waals surface area contributed by atoms with E-state index in [1.807, 2.05) is 6.07 Å². The summed E-state index contributed by atoms with van der Waals surface area (Å²) in [5.41, 5.74) is 0. The lowest BCUT2D eigenvalue weighted by Crippen LogP contribution is -2.40. The normalized spacial score (nSPS) is 11.5. The largest absolute Gasteiger partial charge is 0.484 e. The summed E-state index contributed by atoms with van der Waals surface area (Å²) >= 11 is 0. The van der Waals surface area contributed by atoms with E-state index >= 15 is 0 Å². The SMILES string of the molecule is O=C(CNC(=O)COc1ccccc1)NCC(O)c1ccco1. The summed E-state index contributed by atoms with van der Waals surface area (Å²) < 4.78 is 10.3. The fraction of sp³-hybridized carbons (Fsp3) is 0.250. The van der Waals surface area contributed by atoms with Crippen LogP contribution in [0.4, 0.5) is 0 Å². The van der Waals surface area contributed by atoms with Crippen molar-refractivity contribution in [1.82, 2.24) is 10.6 Å². The van der Waals surface area contributed by atoms with Crippen molar-refractivity contribution >= 4 is 11.8 Å². The Labute approximate surface area is 133 Å². The molecule has 0 aliphatic carbocycles. The number of amides is 2. The van der Waals surface area contributed by atoms with E-state index in [0.29, 0.717) is 11.5 Å². The van der Waals surface area contributed by atoms with Crippen LogP contribution in [0.15, 0.2) is 53.1 Å². The van der Waals surface area contributed by atoms with Crippen LogP contribution in [0.3, 0.4) is 0 Å². The van der Waals surface area contributed by atoms with Gasteiger partial charge in [-0.05, 0) is 24.3 Å². The molecule has 7 heteroatoms. The van der Waals surface area contributed by atoms with Gasteiger partial charge in [0.1, 0.15) is 17.6 Å². The third-order valence-corrected chi connectivity index (χ3v) is 2.92. The van der Waals surface area contributed by atoms with E-state index in [4.69, 9.17) is 9.15 Å². The van der Waals surface area contributed by atoms with Crippen LogP contribution in [0.1, 0.15) is 11.9 Å². The summed E-state index contributed by atoms with van der Waals surface area (Å²) in [6.45, 7) is -0.364. The summed E-state index contributed by atoms with van der Waals surface area (Å²) in [7, 11) is 0. The molecule has 0 bridgehead atoms. The monoisotopic (exact) mass is 318 g/mol. The molecule has 122 valence electrons. The topological polar surface area (TPSA) is 101 Å². The quantitative estimate of drug-likeness (QED) is 0.662. The summed E-state index contributed by atoms with van der Waals surface area (Å²) in [5, 5.41) is 14.7. The van der Waals surface area contributed by atoms with Crippen molar-refractivity contribution in [2.24, 2.45) is 0 Å². The van der Waals surface area contributed by atoms with Crippen LogP contribution in [0, 0.1) is 0 Å². The molecule has 0 aliphatic rings. The molecule has 1 aromatic heterocycles. The van der Waals surface area contributed by atoms with E-state index in [9.17, 15) is 14.7 Å². The van der Waals surface area contributed by atoms with Crippen LogP contribution in [0.2, 0.25) is 0 Å². The molecule has 2 rings (SSSR count). The van der Waals surface area contributed by atoms with Crippen molar-refractivity contribution in [1.29, 1.82) is 0 Å². The number of carbonyl (C=O) groups excluding carboxylic acids is 2. The van der Waals surface area contributed by atoms with Crippen molar-refractivity contribution in [3.05, 3.63) is 54.5 Å². The van der Waals surface area contributed by atoms with Crippen molar-refractivity contribution in [2.45, 2.75) is 6.10 Å². The maximum Gasteiger partial charge on any atom is 0.258 e. The highest BCUT2D eigenvalue weighted by molar-refractivity contribution is 5.85. The molecule has 3 N–H and O–H groups in total. The lowest BCUT2D eigenvalue weighted by molar-refractivity contribution is -0.127. The van der Waals surface area contributed by atoms with E-state index in [2.05, 4.69) is 10.6 Å². The maximum atomic E-state index is 11.6. The summed E-state index contributed by atoms with van der Waals surface area (Å²) in [6, 6.07) is 12.2. The number of carbonyl (C=O) groups is 2. The maximum absolute atomic E-state index is 11.6. The number of benzene rings is 1. The first-order chi connectivity index (χ1) is 11.1. The zero-order valence-corrected chi connectivity index (χ0v) is 12.4. The van der Waals surface area contributed by atoms with Gasteiger partial charge >= 0.3 is 0 Å². The molecule has 0 aliphatic heterocycles. The van der Waals surface area contributed by atoms with Crippen molar-refractivity contribution in [3.8, 4) is 5.75 Å². The van der Waals surface area contributed by atoms with Crippen LogP contribution >= 0.6 is 0 Å². The second-order valence-electron chi connectivity index (χ2n) is 4.71. The lowest BCUT2D eigenvalue weighted by atomic mass is 10.3. The Morgan fingerprint density at radius 1 is 1.09 bits per heavy atom. The molecule has 0 radical (unpaired) electrons. The Balaban J connectivity index is 1.61. The summed E-state index contributed by atoms with van der Waals surface area (Å²) in [5.74, 6) is 0.124. The van der Waals surface area contributed by atoms with E-state index in [0.717, 1.165) is 0 Å². The number of ether oxygens (including phenoxy) is 1. The van der Waals surface area contributed by atoms with Gasteiger partial charge in [0.05, 0.1) is 19.4 Å². The molecule has 0 saturated heterocycles. The highest BCUT2D eigenvalue weighted by Crippen LogP contribution is 2.11. The number of aliphatic hydroxyl groups is 1. The van der Waals surface area contributed by atoms with E-state index in [1.165, 1.54) is 6.26 Å². The highest BCUT2D eigenvalue weighted by atomic mass is 16.5. The first-order valence-corrected chi connectivity index (χ1v) is 7.08. The second-order valence-corrected chi connectivity index (χ2v) is 4.71. The number of para-hydroxylation sites is 1. The summed E-state index contributed by atoms with van der Waals surface area (Å²) in [4.78, 5) is 23.2. The molecular weight excluding hydrogens is 300 g/mol. The fourth-order valence-corrected chi connectivity index (χ4v) is 1.75. The average Bonchev–Trinajstić information content (AvgIpc) is 3.11. The van der Waals surface area contributed by atoms with Crippen LogP contribution in [0.25, 0.3) is 0 Å². The van der Waals surface area contributed by atoms with Gasteiger partial charge in [-0.3, -0.25) is 9.59 Å². The minimum atomic E-state index is -0.925. The zero-order chi connectivity index (χ0) is 16.5. The molecule has 1 atom stereocenters. The number of hydrogen-bond donors (Lipinski definition) is 3. The molecule has 0 spiro atoms. The molecule has 23 heavy (non-hydrogen) atoms. The Hall–Kier alpha value is -2.80. The van der Waals surface area contributed by atoms with E-state index < -0.39 is 17.9 Å². The second kappa shape index (κ2) is 8.60. The lowest BCUT2D eigenvalue weighted by Gasteiger charge is -2.10. The minimum absolute atomic E-state index is 0.00271. The zero-order valence-electron chi connectivity index (χ0n) is 12.4. The predicted octanol–water partition coefficient (Wildman–Crippen LogP) is 0.624. The van der Waals surface area contributed by atoms with Gasteiger partial charge in [-0.25, -0.2) is 0 Å². The van der Waals surface area contributed by atoms with Crippen LogP contribution in [0.5, 0.6) is 5.75 Å². The van der Waals surface area contributed by atoms with Crippen LogP contribution < -0.4 is 15.4 Å². The molecular formula is C16H18N2O5. The Kier molecular flexibility index (Phi) is 6.19. The van der Waals surface area contributed by atoms with Gasteiger partial charge in [0, 0.05) is 0 Å². The van der Waals surface area contributed by atoms with Gasteiger partial charge in [0.15, 0.2) is 6.61 Å². The van der Waals surface area contributed by atoms with Gasteiger partial charge in [0.2, 0.25) is 5.91 Å². The molecule has 2 aromatic rings. The minimum Gasteiger partial charge on any atom is -0.484 e. The number of furan rings is 1. The van der Waals surface area contributed by atoms with Crippen LogP contribution in [-0.2, 0) is 9.59 Å². The van der Waals surface area contributed by atoms with Gasteiger partial charge < -0.3 is 24.9 Å². The number of nitrogens with one attached hydrogen (secondary N) is 2. The van der Waals surface area contributed by atoms with Crippen molar-refractivity contribution < 1.29 is 23.8 Å². The van der Waals surface area contributed by atoms with Gasteiger partial charge in [-0.2, -0.15) is 0 Å². The smallest absolute Gasteiger partial charge is 0.258 e. The van der Waals surface area contributed by atoms with E-state index in [-0.39, 0.29) is 19.7 Å². The number of aliphatic hydroxyl groups excluding tert-OH is 1. The van der Waals surface area contributed by atoms with Crippen molar-refractivity contribution in [2.75, 3.05) is 19.7 Å². The third-order valence-electron chi connectivity index (χ3n) is 2.92. The van der Waals surface area contributed by atoms with Crippen molar-refractivity contribution in [3.63, 3.8) is 0 Å². The molecule has 1 heterocycles. The molecule has 7 nitrogen and oxygen atoms in total. The Morgan fingerprint density at radius 3 is 2.57 bits per heavy atom. The van der Waals surface area contributed by atoms with Crippen LogP contribution in [-0.4, -0.2) is 36.6 Å². The highest BCUT2D eigenvalue weighted by Gasteiger charge is 2.12. The van der Waals surface area contributed by atoms with E-state index in [1.54, 1.807) is 36.4 Å². The fourth-order valence-electron chi connectivity index (χ4n) is 1.75. The van der Waals surface area contributed by atoms with Gasteiger partial charge in [-0.15, -0.1) is 0 Å². The Morgan fingerprint density at radius 2 is 1.87 bits per heavy atom.